The third-order valence-electron chi connectivity index (χ3n) is 3.81. The van der Waals surface area contributed by atoms with Crippen molar-refractivity contribution in [3.8, 4) is 5.75 Å². The molecular weight excluding hydrogens is 302 g/mol. The standard InChI is InChI=1S/C19H33N3O2/c1-6-20-19(22-15(4)11-10-14(2)3)21-13-18(23)16-8-7-9-17(12-16)24-5/h7-9,12,14-15,18,23H,6,10-11,13H2,1-5H3,(H2,20,21,22). The van der Waals surface area contributed by atoms with Gasteiger partial charge >= 0.3 is 0 Å². The Kier molecular flexibility index (Phi) is 9.23. The van der Waals surface area contributed by atoms with Crippen LogP contribution in [0.3, 0.4) is 0 Å². The third kappa shape index (κ3) is 7.68. The molecule has 0 fully saturated rings. The number of aliphatic hydroxyl groups excluding tert-OH is 1. The minimum absolute atomic E-state index is 0.305. The molecule has 0 heterocycles. The van der Waals surface area contributed by atoms with Crippen LogP contribution in [0.5, 0.6) is 5.75 Å². The van der Waals surface area contributed by atoms with E-state index in [2.05, 4.69) is 36.4 Å². The van der Waals surface area contributed by atoms with Crippen molar-refractivity contribution in [3.05, 3.63) is 29.8 Å². The van der Waals surface area contributed by atoms with E-state index in [1.54, 1.807) is 7.11 Å². The van der Waals surface area contributed by atoms with Crippen LogP contribution in [0.2, 0.25) is 0 Å². The zero-order valence-corrected chi connectivity index (χ0v) is 15.7. The fourth-order valence-electron chi connectivity index (χ4n) is 2.34. The number of hydrogen-bond donors (Lipinski definition) is 3. The highest BCUT2D eigenvalue weighted by Gasteiger charge is 2.10. The van der Waals surface area contributed by atoms with Crippen LogP contribution < -0.4 is 15.4 Å². The van der Waals surface area contributed by atoms with Crippen molar-refractivity contribution in [2.24, 2.45) is 10.9 Å². The van der Waals surface area contributed by atoms with Crippen LogP contribution in [0.4, 0.5) is 0 Å². The first-order valence-electron chi connectivity index (χ1n) is 8.83. The van der Waals surface area contributed by atoms with Crippen LogP contribution in [0.15, 0.2) is 29.3 Å². The van der Waals surface area contributed by atoms with E-state index >= 15 is 0 Å². The summed E-state index contributed by atoms with van der Waals surface area (Å²) in [6.07, 6.45) is 1.63. The maximum absolute atomic E-state index is 10.3. The van der Waals surface area contributed by atoms with Crippen LogP contribution in [0.1, 0.15) is 52.2 Å². The third-order valence-corrected chi connectivity index (χ3v) is 3.81. The van der Waals surface area contributed by atoms with Crippen molar-refractivity contribution < 1.29 is 9.84 Å². The Morgan fingerprint density at radius 3 is 2.62 bits per heavy atom. The first-order chi connectivity index (χ1) is 11.5. The molecule has 0 bridgehead atoms. The zero-order valence-electron chi connectivity index (χ0n) is 15.7. The van der Waals surface area contributed by atoms with Crippen molar-refractivity contribution in [1.29, 1.82) is 0 Å². The van der Waals surface area contributed by atoms with E-state index in [-0.39, 0.29) is 0 Å². The van der Waals surface area contributed by atoms with Crippen LogP contribution in [-0.2, 0) is 0 Å². The van der Waals surface area contributed by atoms with Gasteiger partial charge in [-0.05, 0) is 50.3 Å². The number of rotatable bonds is 9. The Bertz CT molecular complexity index is 503. The minimum atomic E-state index is -0.651. The molecule has 1 aromatic carbocycles. The molecule has 0 amide bonds. The number of nitrogens with one attached hydrogen (secondary N) is 2. The minimum Gasteiger partial charge on any atom is -0.497 e. The summed E-state index contributed by atoms with van der Waals surface area (Å²) in [4.78, 5) is 4.52. The van der Waals surface area contributed by atoms with Gasteiger partial charge in [-0.15, -0.1) is 0 Å². The smallest absolute Gasteiger partial charge is 0.191 e. The molecule has 0 aliphatic carbocycles. The summed E-state index contributed by atoms with van der Waals surface area (Å²) in [7, 11) is 1.62. The van der Waals surface area contributed by atoms with Crippen molar-refractivity contribution in [1.82, 2.24) is 10.6 Å². The van der Waals surface area contributed by atoms with E-state index in [4.69, 9.17) is 4.74 Å². The van der Waals surface area contributed by atoms with Gasteiger partial charge in [0, 0.05) is 12.6 Å². The van der Waals surface area contributed by atoms with Crippen molar-refractivity contribution in [2.45, 2.75) is 52.7 Å². The highest BCUT2D eigenvalue weighted by molar-refractivity contribution is 5.80. The maximum Gasteiger partial charge on any atom is 0.191 e. The van der Waals surface area contributed by atoms with Gasteiger partial charge in [-0.1, -0.05) is 26.0 Å². The summed E-state index contributed by atoms with van der Waals surface area (Å²) < 4.78 is 5.20. The highest BCUT2D eigenvalue weighted by Crippen LogP contribution is 2.19. The molecular formula is C19H33N3O2. The lowest BCUT2D eigenvalue weighted by molar-refractivity contribution is 0.186. The molecule has 0 spiro atoms. The molecule has 0 saturated heterocycles. The Labute approximate surface area is 146 Å². The topological polar surface area (TPSA) is 65.9 Å². The first kappa shape index (κ1) is 20.3. The number of ether oxygens (including phenoxy) is 1. The molecule has 0 aromatic heterocycles. The van der Waals surface area contributed by atoms with E-state index < -0.39 is 6.10 Å². The molecule has 0 aliphatic heterocycles. The summed E-state index contributed by atoms with van der Waals surface area (Å²) in [6, 6.07) is 7.80. The van der Waals surface area contributed by atoms with Gasteiger partial charge in [0.2, 0.25) is 0 Å². The van der Waals surface area contributed by atoms with Crippen LogP contribution >= 0.6 is 0 Å². The molecule has 0 saturated carbocycles. The van der Waals surface area contributed by atoms with Gasteiger partial charge in [-0.3, -0.25) is 4.99 Å². The van der Waals surface area contributed by atoms with Gasteiger partial charge in [0.1, 0.15) is 5.75 Å². The molecule has 5 heteroatoms. The molecule has 3 N–H and O–H groups in total. The second-order valence-electron chi connectivity index (χ2n) is 6.53. The van der Waals surface area contributed by atoms with Gasteiger partial charge in [0.25, 0.3) is 0 Å². The van der Waals surface area contributed by atoms with E-state index in [1.807, 2.05) is 31.2 Å². The molecule has 24 heavy (non-hydrogen) atoms. The van der Waals surface area contributed by atoms with E-state index in [1.165, 1.54) is 6.42 Å². The fraction of sp³-hybridized carbons (Fsp3) is 0.632. The zero-order chi connectivity index (χ0) is 17.9. The second-order valence-corrected chi connectivity index (χ2v) is 6.53. The maximum atomic E-state index is 10.3. The molecule has 2 atom stereocenters. The van der Waals surface area contributed by atoms with Gasteiger partial charge in [0.15, 0.2) is 5.96 Å². The highest BCUT2D eigenvalue weighted by atomic mass is 16.5. The lowest BCUT2D eigenvalue weighted by Gasteiger charge is -2.19. The predicted octanol–water partition coefficient (Wildman–Crippen LogP) is 3.11. The average molecular weight is 335 g/mol. The van der Waals surface area contributed by atoms with Gasteiger partial charge in [-0.2, -0.15) is 0 Å². The van der Waals surface area contributed by atoms with Gasteiger partial charge < -0.3 is 20.5 Å². The second kappa shape index (κ2) is 10.9. The predicted molar refractivity (Wildman–Crippen MR) is 101 cm³/mol. The summed E-state index contributed by atoms with van der Waals surface area (Å²) >= 11 is 0. The van der Waals surface area contributed by atoms with Gasteiger partial charge in [-0.25, -0.2) is 0 Å². The molecule has 1 rings (SSSR count). The quantitative estimate of drug-likeness (QED) is 0.479. The number of aliphatic hydroxyl groups is 1. The molecule has 5 nitrogen and oxygen atoms in total. The molecule has 2 unspecified atom stereocenters. The van der Waals surface area contributed by atoms with Crippen molar-refractivity contribution >= 4 is 5.96 Å². The monoisotopic (exact) mass is 335 g/mol. The number of methoxy groups -OCH3 is 1. The summed E-state index contributed by atoms with van der Waals surface area (Å²) in [5.41, 5.74) is 0.807. The lowest BCUT2D eigenvalue weighted by Crippen LogP contribution is -2.42. The summed E-state index contributed by atoms with van der Waals surface area (Å²) in [5, 5.41) is 17.0. The summed E-state index contributed by atoms with van der Waals surface area (Å²) in [5.74, 6) is 2.18. The lowest BCUT2D eigenvalue weighted by atomic mass is 10.0. The van der Waals surface area contributed by atoms with Crippen LogP contribution in [0.25, 0.3) is 0 Å². The van der Waals surface area contributed by atoms with E-state index in [0.29, 0.717) is 18.5 Å². The Balaban J connectivity index is 2.63. The molecule has 0 radical (unpaired) electrons. The number of aliphatic imine (C=N–C) groups is 1. The number of hydrogen-bond acceptors (Lipinski definition) is 3. The number of benzene rings is 1. The Morgan fingerprint density at radius 2 is 2.00 bits per heavy atom. The van der Waals surface area contributed by atoms with Crippen molar-refractivity contribution in [3.63, 3.8) is 0 Å². The van der Waals surface area contributed by atoms with Crippen LogP contribution in [0, 0.1) is 5.92 Å². The molecule has 1 aromatic rings. The Morgan fingerprint density at radius 1 is 1.25 bits per heavy atom. The molecule has 0 aliphatic rings. The number of guanidine groups is 1. The molecule has 136 valence electrons. The van der Waals surface area contributed by atoms with Gasteiger partial charge in [0.05, 0.1) is 19.8 Å². The Hall–Kier alpha value is -1.75. The van der Waals surface area contributed by atoms with Crippen LogP contribution in [-0.4, -0.2) is 37.3 Å². The average Bonchev–Trinajstić information content (AvgIpc) is 2.57. The normalized spacial score (nSPS) is 14.4. The largest absolute Gasteiger partial charge is 0.497 e. The van der Waals surface area contributed by atoms with Crippen molar-refractivity contribution in [2.75, 3.05) is 20.2 Å². The SMILES string of the molecule is CCNC(=NCC(O)c1cccc(OC)c1)NC(C)CCC(C)C. The number of nitrogens with zero attached hydrogens (tertiary/aromatic N) is 1. The first-order valence-corrected chi connectivity index (χ1v) is 8.83. The summed E-state index contributed by atoms with van der Waals surface area (Å²) in [6.45, 7) is 9.76. The van der Waals surface area contributed by atoms with E-state index in [0.717, 1.165) is 30.2 Å². The van der Waals surface area contributed by atoms with E-state index in [9.17, 15) is 5.11 Å². The fourth-order valence-corrected chi connectivity index (χ4v) is 2.34.